The first-order chi connectivity index (χ1) is 12.7. The van der Waals surface area contributed by atoms with Crippen molar-refractivity contribution >= 4 is 16.9 Å². The lowest BCUT2D eigenvalue weighted by molar-refractivity contribution is 0.0132. The number of fused-ring (bicyclic) bond motifs is 1. The van der Waals surface area contributed by atoms with Crippen LogP contribution in [-0.4, -0.2) is 46.2 Å². The van der Waals surface area contributed by atoms with Crippen molar-refractivity contribution in [3.63, 3.8) is 0 Å². The van der Waals surface area contributed by atoms with Crippen LogP contribution in [0.15, 0.2) is 48.5 Å². The molecule has 6 nitrogen and oxygen atoms in total. The summed E-state index contributed by atoms with van der Waals surface area (Å²) in [4.78, 5) is 19.1. The van der Waals surface area contributed by atoms with Crippen LogP contribution >= 0.6 is 0 Å². The average Bonchev–Trinajstić information content (AvgIpc) is 3.02. The maximum absolute atomic E-state index is 12.9. The van der Waals surface area contributed by atoms with E-state index in [-0.39, 0.29) is 12.5 Å². The highest BCUT2D eigenvalue weighted by atomic mass is 16.5. The van der Waals surface area contributed by atoms with Crippen molar-refractivity contribution in [2.24, 2.45) is 0 Å². The molecule has 0 saturated carbocycles. The summed E-state index contributed by atoms with van der Waals surface area (Å²) in [5.41, 5.74) is 3.28. The van der Waals surface area contributed by atoms with Crippen LogP contribution in [0.25, 0.3) is 16.7 Å². The van der Waals surface area contributed by atoms with Gasteiger partial charge in [0, 0.05) is 17.8 Å². The molecule has 1 fully saturated rings. The first-order valence-corrected chi connectivity index (χ1v) is 8.52. The monoisotopic (exact) mass is 346 g/mol. The molecule has 1 atom stereocenters. The first kappa shape index (κ1) is 16.3. The molecule has 0 bridgehead atoms. The van der Waals surface area contributed by atoms with E-state index in [0.29, 0.717) is 18.7 Å². The molecule has 1 amide bonds. The third kappa shape index (κ3) is 2.72. The van der Waals surface area contributed by atoms with E-state index in [9.17, 15) is 10.1 Å². The van der Waals surface area contributed by atoms with E-state index < -0.39 is 6.04 Å². The number of rotatable bonds is 2. The number of para-hydroxylation sites is 1. The van der Waals surface area contributed by atoms with Gasteiger partial charge in [0.15, 0.2) is 0 Å². The molecular formula is C20H18N4O2. The highest BCUT2D eigenvalue weighted by molar-refractivity contribution is 5.98. The molecule has 1 saturated heterocycles. The predicted octanol–water partition coefficient (Wildman–Crippen LogP) is 2.70. The van der Waals surface area contributed by atoms with Gasteiger partial charge in [-0.3, -0.25) is 9.36 Å². The molecule has 0 radical (unpaired) electrons. The van der Waals surface area contributed by atoms with Crippen molar-refractivity contribution in [1.29, 1.82) is 5.26 Å². The van der Waals surface area contributed by atoms with Gasteiger partial charge in [-0.05, 0) is 37.3 Å². The van der Waals surface area contributed by atoms with Crippen molar-refractivity contribution in [3.8, 4) is 11.8 Å². The average molecular weight is 346 g/mol. The molecule has 4 rings (SSSR count). The smallest absolute Gasteiger partial charge is 0.255 e. The van der Waals surface area contributed by atoms with Crippen molar-refractivity contribution in [3.05, 3.63) is 59.9 Å². The van der Waals surface area contributed by atoms with Crippen LogP contribution in [0.5, 0.6) is 0 Å². The number of benzene rings is 2. The molecule has 1 aliphatic rings. The summed E-state index contributed by atoms with van der Waals surface area (Å²) in [5.74, 6) is 0.700. The largest absolute Gasteiger partial charge is 0.376 e. The van der Waals surface area contributed by atoms with Gasteiger partial charge in [0.05, 0.1) is 30.3 Å². The number of aromatic nitrogens is 2. The molecule has 0 N–H and O–H groups in total. The van der Waals surface area contributed by atoms with Gasteiger partial charge in [-0.15, -0.1) is 0 Å². The molecule has 2 heterocycles. The standard InChI is InChI=1S/C20H18N4O2/c1-14-22-18-11-15(20(25)23-9-10-26-13-17(23)12-21)7-8-19(18)24(14)16-5-3-2-4-6-16/h2-8,11,17H,9-10,13H2,1H3/t17-/m1/s1. The summed E-state index contributed by atoms with van der Waals surface area (Å²) in [7, 11) is 0. The molecular weight excluding hydrogens is 328 g/mol. The third-order valence-electron chi connectivity index (χ3n) is 4.62. The second-order valence-electron chi connectivity index (χ2n) is 6.25. The minimum absolute atomic E-state index is 0.159. The lowest BCUT2D eigenvalue weighted by Gasteiger charge is -2.31. The van der Waals surface area contributed by atoms with E-state index in [1.54, 1.807) is 17.0 Å². The van der Waals surface area contributed by atoms with Gasteiger partial charge in [-0.25, -0.2) is 4.98 Å². The molecule has 1 aromatic heterocycles. The van der Waals surface area contributed by atoms with Gasteiger partial charge >= 0.3 is 0 Å². The maximum atomic E-state index is 12.9. The number of nitriles is 1. The van der Waals surface area contributed by atoms with Crippen molar-refractivity contribution in [1.82, 2.24) is 14.5 Å². The summed E-state index contributed by atoms with van der Waals surface area (Å²) in [6.45, 7) is 3.08. The Balaban J connectivity index is 1.73. The number of morpholine rings is 1. The quantitative estimate of drug-likeness (QED) is 0.715. The van der Waals surface area contributed by atoms with Gasteiger partial charge < -0.3 is 9.64 Å². The fraction of sp³-hybridized carbons (Fsp3) is 0.250. The molecule has 130 valence electrons. The Bertz CT molecular complexity index is 1000. The van der Waals surface area contributed by atoms with Crippen LogP contribution in [0.1, 0.15) is 16.2 Å². The first-order valence-electron chi connectivity index (χ1n) is 8.52. The third-order valence-corrected chi connectivity index (χ3v) is 4.62. The summed E-state index contributed by atoms with van der Waals surface area (Å²) in [6.07, 6.45) is 0. The minimum Gasteiger partial charge on any atom is -0.376 e. The highest BCUT2D eigenvalue weighted by Crippen LogP contribution is 2.23. The highest BCUT2D eigenvalue weighted by Gasteiger charge is 2.28. The summed E-state index contributed by atoms with van der Waals surface area (Å²) >= 11 is 0. The van der Waals surface area contributed by atoms with Crippen molar-refractivity contribution in [2.45, 2.75) is 13.0 Å². The Morgan fingerprint density at radius 1 is 1.27 bits per heavy atom. The Morgan fingerprint density at radius 2 is 2.08 bits per heavy atom. The molecule has 3 aromatic rings. The molecule has 6 heteroatoms. The fourth-order valence-corrected chi connectivity index (χ4v) is 3.36. The number of hydrogen-bond acceptors (Lipinski definition) is 4. The SMILES string of the molecule is Cc1nc2cc(C(=O)N3CCOC[C@H]3C#N)ccc2n1-c1ccccc1. The van der Waals surface area contributed by atoms with E-state index in [2.05, 4.69) is 15.6 Å². The van der Waals surface area contributed by atoms with Crippen LogP contribution in [0.3, 0.4) is 0 Å². The van der Waals surface area contributed by atoms with Gasteiger partial charge in [-0.2, -0.15) is 5.26 Å². The summed E-state index contributed by atoms with van der Waals surface area (Å²) in [6, 6.07) is 17.1. The predicted molar refractivity (Wildman–Crippen MR) is 97.1 cm³/mol. The van der Waals surface area contributed by atoms with E-state index in [1.807, 2.05) is 43.3 Å². The number of hydrogen-bond donors (Lipinski definition) is 0. The molecule has 26 heavy (non-hydrogen) atoms. The zero-order valence-corrected chi connectivity index (χ0v) is 14.4. The topological polar surface area (TPSA) is 71.2 Å². The van der Waals surface area contributed by atoms with Crippen LogP contribution < -0.4 is 0 Å². The summed E-state index contributed by atoms with van der Waals surface area (Å²) < 4.78 is 7.36. The second kappa shape index (κ2) is 6.62. The lowest BCUT2D eigenvalue weighted by atomic mass is 10.1. The maximum Gasteiger partial charge on any atom is 0.255 e. The number of aryl methyl sites for hydroxylation is 1. The van der Waals surface area contributed by atoms with E-state index in [1.165, 1.54) is 0 Å². The number of amides is 1. The molecule has 2 aromatic carbocycles. The molecule has 1 aliphatic heterocycles. The number of nitrogens with zero attached hydrogens (tertiary/aromatic N) is 4. The Labute approximate surface area is 151 Å². The van der Waals surface area contributed by atoms with Crippen molar-refractivity contribution in [2.75, 3.05) is 19.8 Å². The van der Waals surface area contributed by atoms with Gasteiger partial charge in [0.1, 0.15) is 11.9 Å². The number of imidazole rings is 1. The van der Waals surface area contributed by atoms with Crippen LogP contribution in [-0.2, 0) is 4.74 Å². The number of carbonyl (C=O) groups excluding carboxylic acids is 1. The summed E-state index contributed by atoms with van der Waals surface area (Å²) in [5, 5.41) is 9.26. The Hall–Kier alpha value is -3.17. The molecule has 0 aliphatic carbocycles. The van der Waals surface area contributed by atoms with Gasteiger partial charge in [0.2, 0.25) is 0 Å². The fourth-order valence-electron chi connectivity index (χ4n) is 3.36. The normalized spacial score (nSPS) is 17.2. The minimum atomic E-state index is -0.546. The lowest BCUT2D eigenvalue weighted by Crippen LogP contribution is -2.47. The zero-order chi connectivity index (χ0) is 18.1. The number of carbonyl (C=O) groups is 1. The Morgan fingerprint density at radius 3 is 2.85 bits per heavy atom. The molecule has 0 spiro atoms. The van der Waals surface area contributed by atoms with Crippen LogP contribution in [0.4, 0.5) is 0 Å². The molecule has 0 unspecified atom stereocenters. The van der Waals surface area contributed by atoms with E-state index in [4.69, 9.17) is 4.74 Å². The van der Waals surface area contributed by atoms with E-state index in [0.717, 1.165) is 22.5 Å². The van der Waals surface area contributed by atoms with Crippen LogP contribution in [0, 0.1) is 18.3 Å². The van der Waals surface area contributed by atoms with Crippen molar-refractivity contribution < 1.29 is 9.53 Å². The van der Waals surface area contributed by atoms with Gasteiger partial charge in [-0.1, -0.05) is 18.2 Å². The van der Waals surface area contributed by atoms with E-state index >= 15 is 0 Å². The number of ether oxygens (including phenoxy) is 1. The van der Waals surface area contributed by atoms with Gasteiger partial charge in [0.25, 0.3) is 5.91 Å². The zero-order valence-electron chi connectivity index (χ0n) is 14.4. The van der Waals surface area contributed by atoms with Crippen LogP contribution in [0.2, 0.25) is 0 Å². The second-order valence-corrected chi connectivity index (χ2v) is 6.25. The Kier molecular flexibility index (Phi) is 4.15.